The first-order valence-electron chi connectivity index (χ1n) is 28.9. The summed E-state index contributed by atoms with van der Waals surface area (Å²) in [6.07, 6.45) is 0. The molecule has 81 heavy (non-hydrogen) atoms. The number of hydrogen-bond acceptors (Lipinski definition) is 4. The Morgan fingerprint density at radius 2 is 0.852 bits per heavy atom. The lowest BCUT2D eigenvalue weighted by molar-refractivity contribution is 0.590. The van der Waals surface area contributed by atoms with Gasteiger partial charge in [0.25, 0.3) is 0 Å². The number of para-hydroxylation sites is 1. The Bertz CT molecular complexity index is 4130. The minimum absolute atomic E-state index is 0.00835. The van der Waals surface area contributed by atoms with Crippen LogP contribution in [0.2, 0.25) is 0 Å². The van der Waals surface area contributed by atoms with Crippen molar-refractivity contribution in [2.24, 2.45) is 0 Å². The molecule has 0 aliphatic carbocycles. The topological polar surface area (TPSA) is 22.9 Å². The molecule has 5 heteroatoms. The highest BCUT2D eigenvalue weighted by molar-refractivity contribution is 6.95. The predicted octanol–water partition coefficient (Wildman–Crippen LogP) is 20.3. The summed E-state index contributed by atoms with van der Waals surface area (Å²) in [4.78, 5) is 7.65. The number of fused-ring (bicyclic) bond motifs is 8. The lowest BCUT2D eigenvalue weighted by Gasteiger charge is -2.46. The van der Waals surface area contributed by atoms with Crippen LogP contribution in [0.15, 0.2) is 223 Å². The second-order valence-electron chi connectivity index (χ2n) is 26.7. The summed E-state index contributed by atoms with van der Waals surface area (Å²) in [5, 5.41) is 2.22. The van der Waals surface area contributed by atoms with Gasteiger partial charge in [0.15, 0.2) is 0 Å². The highest BCUT2D eigenvalue weighted by Gasteiger charge is 2.48. The Labute approximate surface area is 480 Å². The minimum atomic E-state index is -0.297. The van der Waals surface area contributed by atoms with E-state index in [0.717, 1.165) is 89.6 Å². The third kappa shape index (κ3) is 9.03. The molecule has 13 rings (SSSR count). The van der Waals surface area contributed by atoms with Crippen LogP contribution in [0.4, 0.5) is 45.5 Å². The van der Waals surface area contributed by atoms with E-state index in [0.29, 0.717) is 0 Å². The van der Waals surface area contributed by atoms with Gasteiger partial charge < -0.3 is 19.0 Å². The van der Waals surface area contributed by atoms with Crippen LogP contribution < -0.4 is 25.5 Å². The number of benzene rings is 10. The third-order valence-corrected chi connectivity index (χ3v) is 17.1. The summed E-state index contributed by atoms with van der Waals surface area (Å²) in [5.41, 5.74) is 25.1. The van der Waals surface area contributed by atoms with E-state index < -0.39 is 0 Å². The van der Waals surface area contributed by atoms with Crippen molar-refractivity contribution >= 4 is 85.2 Å². The summed E-state index contributed by atoms with van der Waals surface area (Å²) >= 11 is 0. The minimum Gasteiger partial charge on any atom is -0.456 e. The molecule has 10 aromatic carbocycles. The second-order valence-corrected chi connectivity index (χ2v) is 26.7. The molecule has 1 aromatic heterocycles. The van der Waals surface area contributed by atoms with Gasteiger partial charge in [0.1, 0.15) is 11.2 Å². The van der Waals surface area contributed by atoms with E-state index in [1.165, 1.54) is 44.4 Å². The van der Waals surface area contributed by atoms with Crippen molar-refractivity contribution in [1.82, 2.24) is 0 Å². The van der Waals surface area contributed by atoms with Crippen molar-refractivity contribution in [2.45, 2.75) is 105 Å². The lowest BCUT2D eigenvalue weighted by Crippen LogP contribution is -2.61. The summed E-state index contributed by atoms with van der Waals surface area (Å²) < 4.78 is 7.30. The van der Waals surface area contributed by atoms with Crippen molar-refractivity contribution < 1.29 is 4.42 Å². The van der Waals surface area contributed by atoms with Gasteiger partial charge in [-0.05, 0) is 169 Å². The zero-order chi connectivity index (χ0) is 56.3. The van der Waals surface area contributed by atoms with Gasteiger partial charge in [-0.3, -0.25) is 0 Å². The second kappa shape index (κ2) is 19.1. The van der Waals surface area contributed by atoms with E-state index in [1.54, 1.807) is 0 Å². The zero-order valence-electron chi connectivity index (χ0n) is 49.1. The van der Waals surface area contributed by atoms with Gasteiger partial charge in [-0.1, -0.05) is 204 Å². The van der Waals surface area contributed by atoms with Crippen LogP contribution in [0.3, 0.4) is 0 Å². The van der Waals surface area contributed by atoms with E-state index in [9.17, 15) is 0 Å². The molecule has 3 heterocycles. The first kappa shape index (κ1) is 51.9. The molecule has 0 saturated heterocycles. The molecule has 0 atom stereocenters. The highest BCUT2D eigenvalue weighted by atomic mass is 16.3. The molecule has 0 fully saturated rings. The molecule has 0 unspecified atom stereocenters. The normalized spacial score (nSPS) is 13.4. The van der Waals surface area contributed by atoms with Gasteiger partial charge in [0.05, 0.1) is 5.69 Å². The van der Waals surface area contributed by atoms with E-state index in [-0.39, 0.29) is 28.5 Å². The zero-order valence-corrected chi connectivity index (χ0v) is 49.1. The van der Waals surface area contributed by atoms with Crippen LogP contribution in [0.5, 0.6) is 0 Å². The smallest absolute Gasteiger partial charge is 0.336 e. The van der Waals surface area contributed by atoms with Crippen molar-refractivity contribution in [3.8, 4) is 33.4 Å². The Morgan fingerprint density at radius 1 is 0.346 bits per heavy atom. The average molecular weight is 1050 g/mol. The molecule has 0 N–H and O–H groups in total. The van der Waals surface area contributed by atoms with Gasteiger partial charge in [0, 0.05) is 67.2 Å². The van der Waals surface area contributed by atoms with Crippen molar-refractivity contribution in [1.29, 1.82) is 0 Å². The number of rotatable bonds is 7. The SMILES string of the molecule is CC(C)(C)c1ccc(N2B3c4c(cc(-c5ccccc5)cc4N(c4ccc(C(C)(C)C)cc4-c4ccccc4)c4ccc5c(oc6ccccc65)c43)-c3cc(N(c4ccc(C(C)(C)C)cc4)c4ccc(C(C)(C)C)cc4)ccc32)cc1. The first-order chi connectivity index (χ1) is 38.7. The van der Waals surface area contributed by atoms with Crippen LogP contribution in [0.25, 0.3) is 55.3 Å². The van der Waals surface area contributed by atoms with Crippen LogP contribution in [0.1, 0.15) is 105 Å². The maximum atomic E-state index is 7.30. The van der Waals surface area contributed by atoms with Gasteiger partial charge in [-0.2, -0.15) is 0 Å². The van der Waals surface area contributed by atoms with E-state index in [2.05, 4.69) is 316 Å². The molecule has 0 saturated carbocycles. The highest BCUT2D eigenvalue weighted by Crippen LogP contribution is 2.53. The number of nitrogens with zero attached hydrogens (tertiary/aromatic N) is 3. The van der Waals surface area contributed by atoms with Crippen molar-refractivity contribution in [3.63, 3.8) is 0 Å². The van der Waals surface area contributed by atoms with E-state index in [4.69, 9.17) is 4.42 Å². The quantitative estimate of drug-likeness (QED) is 0.148. The summed E-state index contributed by atoms with van der Waals surface area (Å²) in [7, 11) is 0. The Morgan fingerprint density at radius 3 is 1.44 bits per heavy atom. The van der Waals surface area contributed by atoms with Crippen molar-refractivity contribution in [2.75, 3.05) is 14.6 Å². The fraction of sp³-hybridized carbons (Fsp3) is 0.211. The Hall–Kier alpha value is -8.54. The maximum Gasteiger partial charge on any atom is 0.336 e. The fourth-order valence-electron chi connectivity index (χ4n) is 12.5. The van der Waals surface area contributed by atoms with Crippen LogP contribution >= 0.6 is 0 Å². The molecule has 400 valence electrons. The van der Waals surface area contributed by atoms with Crippen molar-refractivity contribution in [3.05, 3.63) is 241 Å². The third-order valence-electron chi connectivity index (χ3n) is 17.1. The molecule has 0 bridgehead atoms. The van der Waals surface area contributed by atoms with E-state index >= 15 is 0 Å². The molecule has 0 radical (unpaired) electrons. The molecule has 0 spiro atoms. The van der Waals surface area contributed by atoms with Gasteiger partial charge in [-0.15, -0.1) is 0 Å². The first-order valence-corrected chi connectivity index (χ1v) is 28.9. The molecule has 2 aliphatic rings. The van der Waals surface area contributed by atoms with Crippen LogP contribution in [0, 0.1) is 0 Å². The molecule has 4 nitrogen and oxygen atoms in total. The predicted molar refractivity (Wildman–Crippen MR) is 348 cm³/mol. The number of anilines is 8. The summed E-state index contributed by atoms with van der Waals surface area (Å²) in [5.74, 6) is 0. The molecule has 11 aromatic rings. The standard InChI is InChI=1S/C76H72BN3O/c1-73(2,3)52-27-34-56(35-28-52)78(57-36-29-53(30-37-57)74(4,5)6)59-40-43-66-63(48-59)64-45-51(49-21-15-13-16-22-49)46-68-70(64)77(80(66)58-38-31-54(32-39-58)75(7,8)9)71-67(44-41-61-60-25-19-20-26-69(60)81-72(61)71)79(68)65-42-33-55(76(10,11)12)47-62(65)50-23-17-14-18-24-50/h13-48H,1-12H3. The summed E-state index contributed by atoms with van der Waals surface area (Å²) in [6.45, 7) is 27.3. The lowest BCUT2D eigenvalue weighted by atomic mass is 9.43. The Balaban J connectivity index is 1.16. The average Bonchev–Trinajstić information content (AvgIpc) is 3.17. The monoisotopic (exact) mass is 1050 g/mol. The van der Waals surface area contributed by atoms with E-state index in [1.807, 2.05) is 0 Å². The maximum absolute atomic E-state index is 7.30. The van der Waals surface area contributed by atoms with Crippen LogP contribution in [-0.4, -0.2) is 6.85 Å². The number of hydrogen-bond donors (Lipinski definition) is 0. The van der Waals surface area contributed by atoms with Gasteiger partial charge in [0.2, 0.25) is 0 Å². The number of furan rings is 1. The van der Waals surface area contributed by atoms with Gasteiger partial charge >= 0.3 is 6.85 Å². The molecule has 0 amide bonds. The van der Waals surface area contributed by atoms with Crippen LogP contribution in [-0.2, 0) is 21.7 Å². The Kier molecular flexibility index (Phi) is 12.2. The largest absolute Gasteiger partial charge is 0.456 e. The molecule has 2 aliphatic heterocycles. The fourth-order valence-corrected chi connectivity index (χ4v) is 12.5. The summed E-state index contributed by atoms with van der Waals surface area (Å²) in [6, 6.07) is 82.3. The molecular formula is C76H72BN3O. The van der Waals surface area contributed by atoms with Gasteiger partial charge in [-0.25, -0.2) is 0 Å². The molecular weight excluding hydrogens is 982 g/mol.